The fourth-order valence-electron chi connectivity index (χ4n) is 3.45. The van der Waals surface area contributed by atoms with Crippen LogP contribution in [0.15, 0.2) is 65.5 Å². The summed E-state index contributed by atoms with van der Waals surface area (Å²) in [6, 6.07) is 10.9. The lowest BCUT2D eigenvalue weighted by Gasteiger charge is -2.14. The van der Waals surface area contributed by atoms with Crippen molar-refractivity contribution in [1.82, 2.24) is 29.9 Å². The summed E-state index contributed by atoms with van der Waals surface area (Å²) in [5.41, 5.74) is 2.81. The zero-order valence-corrected chi connectivity index (χ0v) is 20.1. The van der Waals surface area contributed by atoms with Crippen LogP contribution in [-0.4, -0.2) is 49.4 Å². The number of nitrogens with zero attached hydrogens (tertiary/aromatic N) is 6. The number of hydrogen-bond acceptors (Lipinski definition) is 9. The van der Waals surface area contributed by atoms with Crippen molar-refractivity contribution in [1.29, 1.82) is 0 Å². The van der Waals surface area contributed by atoms with Gasteiger partial charge in [-0.1, -0.05) is 11.2 Å². The van der Waals surface area contributed by atoms with E-state index in [4.69, 9.17) is 10.4 Å². The first-order valence-electron chi connectivity index (χ1n) is 11.3. The molecule has 1 aromatic carbocycles. The molecule has 3 N–H and O–H groups in total. The molecular weight excluding hydrogens is 489 g/mol. The van der Waals surface area contributed by atoms with Crippen LogP contribution in [-0.2, 0) is 6.54 Å². The molecule has 4 aromatic rings. The molecule has 0 aliphatic heterocycles. The summed E-state index contributed by atoms with van der Waals surface area (Å²) in [5.74, 6) is 6.63. The van der Waals surface area contributed by atoms with Crippen LogP contribution in [0.5, 0.6) is 5.75 Å². The van der Waals surface area contributed by atoms with Crippen molar-refractivity contribution >= 4 is 5.82 Å². The Morgan fingerprint density at radius 1 is 1.19 bits per heavy atom. The predicted octanol–water partition coefficient (Wildman–Crippen LogP) is 4.37. The molecule has 3 aromatic heterocycles. The number of halogens is 3. The molecule has 4 rings (SSSR count). The van der Waals surface area contributed by atoms with E-state index in [1.807, 2.05) is 38.1 Å². The fourth-order valence-corrected chi connectivity index (χ4v) is 3.45. The number of ether oxygens (including phenoxy) is 1. The van der Waals surface area contributed by atoms with E-state index in [-0.39, 0.29) is 17.5 Å². The summed E-state index contributed by atoms with van der Waals surface area (Å²) in [4.78, 5) is 8.67. The zero-order chi connectivity index (χ0) is 26.4. The Labute approximate surface area is 210 Å². The molecule has 0 aliphatic carbocycles. The number of pyridine rings is 1. The maximum absolute atomic E-state index is 12.4. The van der Waals surface area contributed by atoms with Crippen LogP contribution in [0.3, 0.4) is 0 Å². The van der Waals surface area contributed by atoms with Gasteiger partial charge >= 0.3 is 6.36 Å². The molecular formula is C24H25F3N8O2. The highest BCUT2D eigenvalue weighted by Gasteiger charge is 2.31. The molecule has 10 nitrogen and oxygen atoms in total. The third-order valence-electron chi connectivity index (χ3n) is 5.15. The van der Waals surface area contributed by atoms with Crippen LogP contribution in [0, 0.1) is 6.92 Å². The van der Waals surface area contributed by atoms with Gasteiger partial charge in [-0.15, -0.1) is 13.2 Å². The van der Waals surface area contributed by atoms with Gasteiger partial charge in [0, 0.05) is 30.2 Å². The average molecular weight is 515 g/mol. The summed E-state index contributed by atoms with van der Waals surface area (Å²) < 4.78 is 48.1. The standard InChI is InChI=1S/C24H25F3N8O2/c1-3-11-34(28)12-10-30-21-14-17(8-9-29-21)15-35-16(2)13-20(32-35)23-31-22(33-37-23)18-4-6-19(7-5-18)36-24(25,26)27/h3-9,11,13-14H,10,12,15,28H2,1-2H3,(H,29,30)/b11-3-. The Morgan fingerprint density at radius 2 is 1.97 bits per heavy atom. The summed E-state index contributed by atoms with van der Waals surface area (Å²) in [6.45, 7) is 5.55. The number of nitrogens with one attached hydrogen (secondary N) is 1. The minimum absolute atomic E-state index is 0.192. The average Bonchev–Trinajstić information content (AvgIpc) is 3.46. The molecule has 0 unspecified atom stereocenters. The van der Waals surface area contributed by atoms with Gasteiger partial charge in [-0.25, -0.2) is 10.8 Å². The molecule has 0 aliphatic rings. The maximum atomic E-state index is 12.4. The number of nitrogens with two attached hydrogens (primary N) is 1. The van der Waals surface area contributed by atoms with Gasteiger partial charge in [0.15, 0.2) is 5.69 Å². The summed E-state index contributed by atoms with van der Waals surface area (Å²) >= 11 is 0. The molecule has 3 heterocycles. The number of aryl methyl sites for hydroxylation is 1. The first-order valence-corrected chi connectivity index (χ1v) is 11.3. The monoisotopic (exact) mass is 514 g/mol. The second-order valence-electron chi connectivity index (χ2n) is 8.02. The quantitative estimate of drug-likeness (QED) is 0.235. The van der Waals surface area contributed by atoms with Crippen molar-refractivity contribution in [3.05, 3.63) is 72.2 Å². The minimum atomic E-state index is -4.76. The number of benzene rings is 1. The summed E-state index contributed by atoms with van der Waals surface area (Å²) in [6.07, 6.45) is 0.617. The number of anilines is 1. The van der Waals surface area contributed by atoms with Crippen LogP contribution in [0.2, 0.25) is 0 Å². The SMILES string of the molecule is C/C=C\N(N)CCNc1cc(Cn2nc(-c3nc(-c4ccc(OC(F)(F)F)cc4)no3)cc2C)ccn1. The van der Waals surface area contributed by atoms with E-state index >= 15 is 0 Å². The Morgan fingerprint density at radius 3 is 2.70 bits per heavy atom. The molecule has 0 spiro atoms. The maximum Gasteiger partial charge on any atom is 0.573 e. The first-order chi connectivity index (χ1) is 17.7. The van der Waals surface area contributed by atoms with Crippen LogP contribution in [0.4, 0.5) is 19.0 Å². The van der Waals surface area contributed by atoms with Crippen molar-refractivity contribution in [2.75, 3.05) is 18.4 Å². The van der Waals surface area contributed by atoms with Crippen molar-refractivity contribution < 1.29 is 22.4 Å². The molecule has 0 saturated heterocycles. The molecule has 0 saturated carbocycles. The van der Waals surface area contributed by atoms with Gasteiger partial charge in [0.1, 0.15) is 11.6 Å². The van der Waals surface area contributed by atoms with Gasteiger partial charge in [0.2, 0.25) is 5.82 Å². The van der Waals surface area contributed by atoms with Crippen LogP contribution >= 0.6 is 0 Å². The lowest BCUT2D eigenvalue weighted by atomic mass is 10.2. The zero-order valence-electron chi connectivity index (χ0n) is 20.1. The Kier molecular flexibility index (Phi) is 7.72. The normalized spacial score (nSPS) is 11.7. The van der Waals surface area contributed by atoms with E-state index < -0.39 is 6.36 Å². The Bertz CT molecular complexity index is 1350. The fraction of sp³-hybridized carbons (Fsp3) is 0.250. The number of alkyl halides is 3. The molecule has 0 atom stereocenters. The van der Waals surface area contributed by atoms with Crippen molar-refractivity contribution in [2.24, 2.45) is 5.84 Å². The van der Waals surface area contributed by atoms with Crippen molar-refractivity contribution in [2.45, 2.75) is 26.8 Å². The molecule has 0 fully saturated rings. The summed E-state index contributed by atoms with van der Waals surface area (Å²) in [5, 5.41) is 13.3. The topological polar surface area (TPSA) is 120 Å². The molecule has 194 valence electrons. The van der Waals surface area contributed by atoms with Crippen LogP contribution in [0.25, 0.3) is 23.0 Å². The number of hydrogen-bond donors (Lipinski definition) is 2. The lowest BCUT2D eigenvalue weighted by molar-refractivity contribution is -0.274. The minimum Gasteiger partial charge on any atom is -0.406 e. The van der Waals surface area contributed by atoms with Gasteiger partial charge in [0.25, 0.3) is 5.89 Å². The number of allylic oxidation sites excluding steroid dienone is 1. The highest BCUT2D eigenvalue weighted by Crippen LogP contribution is 2.27. The lowest BCUT2D eigenvalue weighted by Crippen LogP contribution is -2.30. The number of rotatable bonds is 10. The van der Waals surface area contributed by atoms with Crippen molar-refractivity contribution in [3.8, 4) is 28.7 Å². The molecule has 0 radical (unpaired) electrons. The van der Waals surface area contributed by atoms with Gasteiger partial charge in [-0.05, 0) is 61.9 Å². The van der Waals surface area contributed by atoms with Gasteiger partial charge < -0.3 is 19.6 Å². The molecule has 13 heteroatoms. The second kappa shape index (κ2) is 11.1. The smallest absolute Gasteiger partial charge is 0.406 e. The van der Waals surface area contributed by atoms with Gasteiger partial charge in [-0.2, -0.15) is 10.1 Å². The highest BCUT2D eigenvalue weighted by atomic mass is 19.4. The second-order valence-corrected chi connectivity index (χ2v) is 8.02. The predicted molar refractivity (Wildman–Crippen MR) is 130 cm³/mol. The third-order valence-corrected chi connectivity index (χ3v) is 5.15. The first kappa shape index (κ1) is 25.7. The van der Waals surface area contributed by atoms with E-state index in [9.17, 15) is 13.2 Å². The van der Waals surface area contributed by atoms with E-state index in [2.05, 4.69) is 30.3 Å². The van der Waals surface area contributed by atoms with Crippen LogP contribution < -0.4 is 15.9 Å². The van der Waals surface area contributed by atoms with Crippen molar-refractivity contribution in [3.63, 3.8) is 0 Å². The van der Waals surface area contributed by atoms with Gasteiger partial charge in [0.05, 0.1) is 13.1 Å². The van der Waals surface area contributed by atoms with E-state index in [1.165, 1.54) is 24.3 Å². The number of aromatic nitrogens is 5. The molecule has 0 amide bonds. The van der Waals surface area contributed by atoms with Gasteiger partial charge in [-0.3, -0.25) is 4.68 Å². The Balaban J connectivity index is 1.42. The molecule has 0 bridgehead atoms. The molecule has 37 heavy (non-hydrogen) atoms. The van der Waals surface area contributed by atoms with Crippen LogP contribution in [0.1, 0.15) is 18.2 Å². The largest absolute Gasteiger partial charge is 0.573 e. The van der Waals surface area contributed by atoms with E-state index in [0.29, 0.717) is 30.9 Å². The third kappa shape index (κ3) is 7.07. The van der Waals surface area contributed by atoms with E-state index in [0.717, 1.165) is 17.1 Å². The summed E-state index contributed by atoms with van der Waals surface area (Å²) in [7, 11) is 0. The van der Waals surface area contributed by atoms with E-state index in [1.54, 1.807) is 22.1 Å². The number of hydrazine groups is 1. The Hall–Kier alpha value is -4.39. The highest BCUT2D eigenvalue weighted by molar-refractivity contribution is 5.59.